The van der Waals surface area contributed by atoms with Crippen LogP contribution in [-0.2, 0) is 19.8 Å². The Morgan fingerprint density at radius 1 is 1.33 bits per heavy atom. The summed E-state index contributed by atoms with van der Waals surface area (Å²) in [6.45, 7) is 3.49. The van der Waals surface area contributed by atoms with Crippen molar-refractivity contribution in [3.8, 4) is 0 Å². The minimum absolute atomic E-state index is 0.124. The zero-order valence-electron chi connectivity index (χ0n) is 13.4. The van der Waals surface area contributed by atoms with Gasteiger partial charge in [0.15, 0.2) is 0 Å². The fourth-order valence-electron chi connectivity index (χ4n) is 2.19. The van der Waals surface area contributed by atoms with Crippen LogP contribution >= 0.6 is 0 Å². The molecule has 1 aromatic carbocycles. The second-order valence-corrected chi connectivity index (χ2v) is 5.69. The Hall–Kier alpha value is -2.38. The summed E-state index contributed by atoms with van der Waals surface area (Å²) >= 11 is 0. The summed E-state index contributed by atoms with van der Waals surface area (Å²) in [5, 5.41) is 6.60. The first-order valence-corrected chi connectivity index (χ1v) is 7.28. The number of rotatable bonds is 4. The van der Waals surface area contributed by atoms with Gasteiger partial charge in [-0.05, 0) is 18.1 Å². The van der Waals surface area contributed by atoms with Gasteiger partial charge in [-0.15, -0.1) is 0 Å². The number of carbonyl (C=O) groups excluding carboxylic acids is 1. The Bertz CT molecular complexity index is 750. The zero-order valence-corrected chi connectivity index (χ0v) is 13.4. The highest BCUT2D eigenvalue weighted by Crippen LogP contribution is 2.32. The van der Waals surface area contributed by atoms with Crippen LogP contribution in [0.4, 0.5) is 17.6 Å². The Kier molecular flexibility index (Phi) is 4.96. The molecule has 1 aromatic heterocycles. The van der Waals surface area contributed by atoms with Crippen molar-refractivity contribution in [2.24, 2.45) is 7.05 Å². The number of hydrogen-bond donors (Lipinski definition) is 1. The highest BCUT2D eigenvalue weighted by atomic mass is 19.4. The normalized spacial score (nSPS) is 11.8. The van der Waals surface area contributed by atoms with Gasteiger partial charge in [0.2, 0.25) is 0 Å². The maximum Gasteiger partial charge on any atom is 0.419 e. The first-order valence-electron chi connectivity index (χ1n) is 7.28. The van der Waals surface area contributed by atoms with Gasteiger partial charge in [-0.25, -0.2) is 4.39 Å². The Morgan fingerprint density at radius 3 is 2.54 bits per heavy atom. The molecule has 0 unspecified atom stereocenters. The van der Waals surface area contributed by atoms with E-state index in [0.29, 0.717) is 11.8 Å². The number of amides is 1. The van der Waals surface area contributed by atoms with Crippen LogP contribution < -0.4 is 5.32 Å². The number of benzene rings is 1. The molecule has 0 radical (unpaired) electrons. The topological polar surface area (TPSA) is 46.9 Å². The van der Waals surface area contributed by atoms with Crippen molar-refractivity contribution in [1.82, 2.24) is 15.1 Å². The molecule has 0 bridgehead atoms. The third-order valence-electron chi connectivity index (χ3n) is 3.55. The van der Waals surface area contributed by atoms with Gasteiger partial charge in [0.05, 0.1) is 11.3 Å². The van der Waals surface area contributed by atoms with Gasteiger partial charge in [0.25, 0.3) is 5.91 Å². The number of hydrogen-bond acceptors (Lipinski definition) is 2. The van der Waals surface area contributed by atoms with Crippen LogP contribution in [0.2, 0.25) is 0 Å². The molecular formula is C16H17F4N3O. The van der Waals surface area contributed by atoms with Crippen LogP contribution in [0.5, 0.6) is 0 Å². The third kappa shape index (κ3) is 3.74. The molecule has 2 aromatic rings. The standard InChI is InChI=1S/C16H17F4N3O/c1-9(2)12-7-13(23(3)22-12)15(24)21-8-10-5-4-6-11(14(10)17)16(18,19)20/h4-7,9H,8H2,1-3H3,(H,21,24). The molecule has 0 aliphatic heterocycles. The van der Waals surface area contributed by atoms with Crippen molar-refractivity contribution in [1.29, 1.82) is 0 Å². The van der Waals surface area contributed by atoms with Gasteiger partial charge < -0.3 is 5.32 Å². The molecule has 0 saturated carbocycles. The lowest BCUT2D eigenvalue weighted by atomic mass is 10.1. The molecule has 1 heterocycles. The van der Waals surface area contributed by atoms with Crippen LogP contribution in [-0.4, -0.2) is 15.7 Å². The average molecular weight is 343 g/mol. The van der Waals surface area contributed by atoms with Crippen molar-refractivity contribution < 1.29 is 22.4 Å². The predicted octanol–water partition coefficient (Wildman–Crippen LogP) is 3.63. The first kappa shape index (κ1) is 18.0. The molecular weight excluding hydrogens is 326 g/mol. The number of aryl methyl sites for hydroxylation is 1. The fourth-order valence-corrected chi connectivity index (χ4v) is 2.19. The molecule has 1 amide bonds. The van der Waals surface area contributed by atoms with E-state index in [1.807, 2.05) is 13.8 Å². The summed E-state index contributed by atoms with van der Waals surface area (Å²) in [4.78, 5) is 12.2. The Labute approximate surface area is 136 Å². The van der Waals surface area contributed by atoms with Crippen LogP contribution in [0.1, 0.15) is 47.1 Å². The van der Waals surface area contributed by atoms with Crippen LogP contribution in [0.15, 0.2) is 24.3 Å². The minimum atomic E-state index is -4.78. The van der Waals surface area contributed by atoms with E-state index >= 15 is 0 Å². The first-order chi connectivity index (χ1) is 11.1. The van der Waals surface area contributed by atoms with E-state index in [4.69, 9.17) is 0 Å². The van der Waals surface area contributed by atoms with Crippen molar-refractivity contribution in [2.75, 3.05) is 0 Å². The second-order valence-electron chi connectivity index (χ2n) is 5.69. The van der Waals surface area contributed by atoms with Crippen LogP contribution in [0.25, 0.3) is 0 Å². The third-order valence-corrected chi connectivity index (χ3v) is 3.55. The van der Waals surface area contributed by atoms with Gasteiger partial charge in [0.1, 0.15) is 11.5 Å². The Morgan fingerprint density at radius 2 is 2.00 bits per heavy atom. The molecule has 1 N–H and O–H groups in total. The van der Waals surface area contributed by atoms with Gasteiger partial charge >= 0.3 is 6.18 Å². The number of halogens is 4. The van der Waals surface area contributed by atoms with Crippen molar-refractivity contribution in [3.63, 3.8) is 0 Å². The second kappa shape index (κ2) is 6.62. The lowest BCUT2D eigenvalue weighted by Crippen LogP contribution is -2.26. The van der Waals surface area contributed by atoms with E-state index < -0.39 is 23.5 Å². The summed E-state index contributed by atoms with van der Waals surface area (Å²) < 4.78 is 53.4. The summed E-state index contributed by atoms with van der Waals surface area (Å²) in [6.07, 6.45) is -4.78. The maximum atomic E-state index is 13.9. The number of alkyl halides is 3. The molecule has 0 fully saturated rings. The van der Waals surface area contributed by atoms with E-state index in [9.17, 15) is 22.4 Å². The van der Waals surface area contributed by atoms with Crippen molar-refractivity contribution >= 4 is 5.91 Å². The summed E-state index contributed by atoms with van der Waals surface area (Å²) in [6, 6.07) is 4.57. The number of nitrogens with zero attached hydrogens (tertiary/aromatic N) is 2. The van der Waals surface area contributed by atoms with Gasteiger partial charge in [-0.3, -0.25) is 9.48 Å². The number of nitrogens with one attached hydrogen (secondary N) is 1. The average Bonchev–Trinajstić information content (AvgIpc) is 2.87. The molecule has 8 heteroatoms. The summed E-state index contributed by atoms with van der Waals surface area (Å²) in [5.74, 6) is -1.79. The van der Waals surface area contributed by atoms with E-state index in [1.54, 1.807) is 13.1 Å². The molecule has 0 saturated heterocycles. The molecule has 0 aliphatic carbocycles. The van der Waals surface area contributed by atoms with Crippen LogP contribution in [0, 0.1) is 5.82 Å². The minimum Gasteiger partial charge on any atom is -0.347 e. The quantitative estimate of drug-likeness (QED) is 0.862. The largest absolute Gasteiger partial charge is 0.419 e. The Balaban J connectivity index is 2.15. The van der Waals surface area contributed by atoms with E-state index in [1.165, 1.54) is 10.7 Å². The fraction of sp³-hybridized carbons (Fsp3) is 0.375. The molecule has 130 valence electrons. The monoisotopic (exact) mass is 343 g/mol. The van der Waals surface area contributed by atoms with Gasteiger partial charge in [-0.2, -0.15) is 18.3 Å². The number of aromatic nitrogens is 2. The van der Waals surface area contributed by atoms with Crippen molar-refractivity contribution in [3.05, 3.63) is 52.6 Å². The van der Waals surface area contributed by atoms with E-state index in [2.05, 4.69) is 10.4 Å². The molecule has 2 rings (SSSR count). The van der Waals surface area contributed by atoms with Crippen LogP contribution in [0.3, 0.4) is 0 Å². The SMILES string of the molecule is CC(C)c1cc(C(=O)NCc2cccc(C(F)(F)F)c2F)n(C)n1. The lowest BCUT2D eigenvalue weighted by Gasteiger charge is -2.11. The molecule has 0 spiro atoms. The van der Waals surface area contributed by atoms with E-state index in [0.717, 1.165) is 6.07 Å². The lowest BCUT2D eigenvalue weighted by molar-refractivity contribution is -0.140. The van der Waals surface area contributed by atoms with Gasteiger partial charge in [-0.1, -0.05) is 26.0 Å². The van der Waals surface area contributed by atoms with E-state index in [-0.39, 0.29) is 23.7 Å². The smallest absolute Gasteiger partial charge is 0.347 e. The molecule has 4 nitrogen and oxygen atoms in total. The summed E-state index contributed by atoms with van der Waals surface area (Å²) in [7, 11) is 1.59. The summed E-state index contributed by atoms with van der Waals surface area (Å²) in [5.41, 5.74) is -0.611. The molecule has 0 aliphatic rings. The van der Waals surface area contributed by atoms with Crippen molar-refractivity contribution in [2.45, 2.75) is 32.5 Å². The predicted molar refractivity (Wildman–Crippen MR) is 79.9 cm³/mol. The van der Waals surface area contributed by atoms with Gasteiger partial charge in [0, 0.05) is 19.2 Å². The highest BCUT2D eigenvalue weighted by Gasteiger charge is 2.34. The molecule has 0 atom stereocenters. The molecule has 24 heavy (non-hydrogen) atoms. The zero-order chi connectivity index (χ0) is 18.1. The highest BCUT2D eigenvalue weighted by molar-refractivity contribution is 5.92. The number of carbonyl (C=O) groups is 1. The maximum absolute atomic E-state index is 13.9.